The number of nitrogens with zero attached hydrogens (tertiary/aromatic N) is 2. The van der Waals surface area contributed by atoms with Crippen LogP contribution in [0, 0.1) is 0 Å². The van der Waals surface area contributed by atoms with Crippen molar-refractivity contribution in [1.82, 2.24) is 0 Å². The molecule has 3 N–H and O–H groups in total. The van der Waals surface area contributed by atoms with Crippen molar-refractivity contribution < 1.29 is 9.94 Å². The van der Waals surface area contributed by atoms with Gasteiger partial charge in [-0.1, -0.05) is 11.2 Å². The lowest BCUT2D eigenvalue weighted by Crippen LogP contribution is -2.13. The second kappa shape index (κ2) is 6.62. The second-order valence-corrected chi connectivity index (χ2v) is 3.94. The van der Waals surface area contributed by atoms with Gasteiger partial charge in [0.1, 0.15) is 11.6 Å². The SMILES string of the molecule is CN(C)c1cccc(OCCCC(N)=NO)c1. The minimum Gasteiger partial charge on any atom is -0.494 e. The van der Waals surface area contributed by atoms with Gasteiger partial charge in [-0.05, 0) is 18.6 Å². The zero-order valence-corrected chi connectivity index (χ0v) is 10.3. The highest BCUT2D eigenvalue weighted by Gasteiger charge is 1.99. The molecule has 0 amide bonds. The van der Waals surface area contributed by atoms with Crippen LogP contribution in [0.3, 0.4) is 0 Å². The number of hydrogen-bond acceptors (Lipinski definition) is 4. The molecule has 0 aliphatic rings. The maximum atomic E-state index is 8.37. The number of anilines is 1. The van der Waals surface area contributed by atoms with Crippen LogP contribution in [0.1, 0.15) is 12.8 Å². The molecule has 0 saturated carbocycles. The molecular formula is C12H19N3O2. The molecule has 0 aromatic heterocycles. The van der Waals surface area contributed by atoms with E-state index in [1.807, 2.05) is 43.3 Å². The summed E-state index contributed by atoms with van der Waals surface area (Å²) in [4.78, 5) is 2.02. The van der Waals surface area contributed by atoms with Crippen LogP contribution in [0.4, 0.5) is 5.69 Å². The van der Waals surface area contributed by atoms with E-state index in [2.05, 4.69) is 5.16 Å². The predicted molar refractivity (Wildman–Crippen MR) is 68.9 cm³/mol. The van der Waals surface area contributed by atoms with E-state index in [9.17, 15) is 0 Å². The molecular weight excluding hydrogens is 218 g/mol. The van der Waals surface area contributed by atoms with Crippen molar-refractivity contribution in [2.24, 2.45) is 10.9 Å². The Hall–Kier alpha value is -1.91. The van der Waals surface area contributed by atoms with Crippen LogP contribution in [0.15, 0.2) is 29.4 Å². The minimum atomic E-state index is 0.232. The first-order chi connectivity index (χ1) is 8.13. The number of benzene rings is 1. The molecule has 0 aliphatic heterocycles. The summed E-state index contributed by atoms with van der Waals surface area (Å²) in [6.45, 7) is 0.549. The third-order valence-electron chi connectivity index (χ3n) is 2.31. The van der Waals surface area contributed by atoms with Crippen LogP contribution >= 0.6 is 0 Å². The molecule has 94 valence electrons. The van der Waals surface area contributed by atoms with Gasteiger partial charge in [-0.3, -0.25) is 0 Å². The van der Waals surface area contributed by atoms with Gasteiger partial charge in [0.2, 0.25) is 0 Å². The molecule has 0 atom stereocenters. The first-order valence-corrected chi connectivity index (χ1v) is 5.50. The minimum absolute atomic E-state index is 0.232. The Balaban J connectivity index is 2.39. The molecule has 5 nitrogen and oxygen atoms in total. The molecule has 0 heterocycles. The van der Waals surface area contributed by atoms with E-state index in [-0.39, 0.29) is 5.84 Å². The fraction of sp³-hybridized carbons (Fsp3) is 0.417. The van der Waals surface area contributed by atoms with Crippen LogP contribution in [-0.4, -0.2) is 31.7 Å². The van der Waals surface area contributed by atoms with Crippen molar-refractivity contribution >= 4 is 11.5 Å². The molecule has 1 aromatic rings. The molecule has 0 unspecified atom stereocenters. The Morgan fingerprint density at radius 3 is 2.88 bits per heavy atom. The quantitative estimate of drug-likeness (QED) is 0.259. The number of nitrogens with two attached hydrogens (primary N) is 1. The molecule has 0 bridgehead atoms. The number of hydrogen-bond donors (Lipinski definition) is 2. The Morgan fingerprint density at radius 1 is 1.47 bits per heavy atom. The lowest BCUT2D eigenvalue weighted by molar-refractivity contribution is 0.305. The zero-order valence-electron chi connectivity index (χ0n) is 10.3. The highest BCUT2D eigenvalue weighted by Crippen LogP contribution is 2.19. The Kier molecular flexibility index (Phi) is 5.13. The average Bonchev–Trinajstić information content (AvgIpc) is 2.34. The molecule has 0 fully saturated rings. The highest BCUT2D eigenvalue weighted by atomic mass is 16.5. The smallest absolute Gasteiger partial charge is 0.139 e. The van der Waals surface area contributed by atoms with E-state index >= 15 is 0 Å². The van der Waals surface area contributed by atoms with E-state index in [4.69, 9.17) is 15.7 Å². The number of rotatable bonds is 6. The molecule has 17 heavy (non-hydrogen) atoms. The maximum Gasteiger partial charge on any atom is 0.139 e. The summed E-state index contributed by atoms with van der Waals surface area (Å²) in [7, 11) is 3.97. The van der Waals surface area contributed by atoms with Crippen LogP contribution in [0.25, 0.3) is 0 Å². The van der Waals surface area contributed by atoms with Crippen LogP contribution in [-0.2, 0) is 0 Å². The van der Waals surface area contributed by atoms with E-state index < -0.39 is 0 Å². The van der Waals surface area contributed by atoms with Crippen molar-refractivity contribution in [2.45, 2.75) is 12.8 Å². The van der Waals surface area contributed by atoms with Crippen molar-refractivity contribution in [1.29, 1.82) is 0 Å². The number of ether oxygens (including phenoxy) is 1. The summed E-state index contributed by atoms with van der Waals surface area (Å²) in [5, 5.41) is 11.3. The standard InChI is InChI=1S/C12H19N3O2/c1-15(2)10-5-3-6-11(9-10)17-8-4-7-12(13)14-16/h3,5-6,9,16H,4,7-8H2,1-2H3,(H2,13,14). The van der Waals surface area contributed by atoms with E-state index in [1.54, 1.807) is 0 Å². The summed E-state index contributed by atoms with van der Waals surface area (Å²) >= 11 is 0. The maximum absolute atomic E-state index is 8.37. The lowest BCUT2D eigenvalue weighted by Gasteiger charge is -2.14. The summed E-state index contributed by atoms with van der Waals surface area (Å²) in [6.07, 6.45) is 1.26. The van der Waals surface area contributed by atoms with Gasteiger partial charge in [-0.2, -0.15) is 0 Å². The summed E-state index contributed by atoms with van der Waals surface area (Å²) in [6, 6.07) is 7.86. The Bertz CT molecular complexity index is 378. The molecule has 1 aromatic carbocycles. The summed E-state index contributed by atoms with van der Waals surface area (Å²) in [5.74, 6) is 1.06. The molecule has 0 radical (unpaired) electrons. The number of amidine groups is 1. The first kappa shape index (κ1) is 13.2. The Morgan fingerprint density at radius 2 is 2.24 bits per heavy atom. The largest absolute Gasteiger partial charge is 0.494 e. The van der Waals surface area contributed by atoms with Crippen molar-refractivity contribution in [3.63, 3.8) is 0 Å². The van der Waals surface area contributed by atoms with Crippen molar-refractivity contribution in [3.05, 3.63) is 24.3 Å². The third kappa shape index (κ3) is 4.63. The molecule has 1 rings (SSSR count). The second-order valence-electron chi connectivity index (χ2n) is 3.94. The predicted octanol–water partition coefficient (Wildman–Crippen LogP) is 1.66. The first-order valence-electron chi connectivity index (χ1n) is 5.50. The van der Waals surface area contributed by atoms with Gasteiger partial charge < -0.3 is 20.6 Å². The van der Waals surface area contributed by atoms with Crippen LogP contribution in [0.5, 0.6) is 5.75 Å². The zero-order chi connectivity index (χ0) is 12.7. The van der Waals surface area contributed by atoms with Gasteiger partial charge >= 0.3 is 0 Å². The monoisotopic (exact) mass is 237 g/mol. The number of oxime groups is 1. The van der Waals surface area contributed by atoms with Gasteiger partial charge in [-0.25, -0.2) is 0 Å². The van der Waals surface area contributed by atoms with Crippen LogP contribution in [0.2, 0.25) is 0 Å². The van der Waals surface area contributed by atoms with E-state index in [0.717, 1.165) is 17.9 Å². The molecule has 0 saturated heterocycles. The normalized spacial score (nSPS) is 11.3. The van der Waals surface area contributed by atoms with Crippen molar-refractivity contribution in [3.8, 4) is 5.75 Å². The van der Waals surface area contributed by atoms with Gasteiger partial charge in [0.15, 0.2) is 0 Å². The van der Waals surface area contributed by atoms with E-state index in [1.165, 1.54) is 0 Å². The fourth-order valence-corrected chi connectivity index (χ4v) is 1.34. The van der Waals surface area contributed by atoms with E-state index in [0.29, 0.717) is 13.0 Å². The topological polar surface area (TPSA) is 71.1 Å². The molecule has 5 heteroatoms. The van der Waals surface area contributed by atoms with Gasteiger partial charge in [0, 0.05) is 32.3 Å². The third-order valence-corrected chi connectivity index (χ3v) is 2.31. The molecule has 0 aliphatic carbocycles. The van der Waals surface area contributed by atoms with Gasteiger partial charge in [-0.15, -0.1) is 0 Å². The fourth-order valence-electron chi connectivity index (χ4n) is 1.34. The van der Waals surface area contributed by atoms with Gasteiger partial charge in [0.05, 0.1) is 6.61 Å². The Labute approximate surface area is 101 Å². The lowest BCUT2D eigenvalue weighted by atomic mass is 10.3. The van der Waals surface area contributed by atoms with Crippen molar-refractivity contribution in [2.75, 3.05) is 25.6 Å². The average molecular weight is 237 g/mol. The van der Waals surface area contributed by atoms with Crippen LogP contribution < -0.4 is 15.4 Å². The molecule has 0 spiro atoms. The summed E-state index contributed by atoms with van der Waals surface area (Å²) in [5.41, 5.74) is 6.45. The van der Waals surface area contributed by atoms with Gasteiger partial charge in [0.25, 0.3) is 0 Å². The highest BCUT2D eigenvalue weighted by molar-refractivity contribution is 5.79. The summed E-state index contributed by atoms with van der Waals surface area (Å²) < 4.78 is 5.57.